The van der Waals surface area contributed by atoms with Crippen molar-refractivity contribution < 1.29 is 17.9 Å². The Labute approximate surface area is 173 Å². The van der Waals surface area contributed by atoms with Gasteiger partial charge in [0, 0.05) is 12.3 Å². The summed E-state index contributed by atoms with van der Waals surface area (Å²) in [5.74, 6) is 7.69. The summed E-state index contributed by atoms with van der Waals surface area (Å²) in [5.41, 5.74) is 2.89. The number of rotatable bonds is 10. The Morgan fingerprint density at radius 3 is 2.41 bits per heavy atom. The Hall–Kier alpha value is -2.19. The highest BCUT2D eigenvalue weighted by atomic mass is 32.2. The van der Waals surface area contributed by atoms with Crippen molar-refractivity contribution in [3.8, 4) is 5.88 Å². The number of nitrogens with zero attached hydrogens (tertiary/aromatic N) is 2. The number of methoxy groups -OCH3 is 1. The van der Waals surface area contributed by atoms with E-state index < -0.39 is 12.6 Å². The van der Waals surface area contributed by atoms with Crippen LogP contribution in [0.5, 0.6) is 5.88 Å². The van der Waals surface area contributed by atoms with Crippen molar-refractivity contribution in [1.82, 2.24) is 9.99 Å². The number of aromatic nitrogens is 1. The van der Waals surface area contributed by atoms with Crippen LogP contribution in [-0.2, 0) is 13.0 Å². The number of nitrogens with two attached hydrogens (primary N) is 1. The third-order valence-corrected chi connectivity index (χ3v) is 4.96. The van der Waals surface area contributed by atoms with Crippen LogP contribution < -0.4 is 10.6 Å². The van der Waals surface area contributed by atoms with E-state index in [9.17, 15) is 13.2 Å². The smallest absolute Gasteiger partial charge is 0.392 e. The molecule has 0 spiro atoms. The van der Waals surface area contributed by atoms with Crippen LogP contribution >= 0.6 is 11.8 Å². The average Bonchev–Trinajstić information content (AvgIpc) is 2.69. The van der Waals surface area contributed by atoms with Gasteiger partial charge in [0.1, 0.15) is 0 Å². The number of aryl methyl sites for hydroxylation is 1. The molecule has 2 rings (SSSR count). The number of benzene rings is 1. The first-order valence-electron chi connectivity index (χ1n) is 9.18. The molecule has 2 N–H and O–H groups in total. The van der Waals surface area contributed by atoms with Crippen molar-refractivity contribution in [3.05, 3.63) is 65.4 Å². The molecule has 0 saturated carbocycles. The minimum atomic E-state index is -4.30. The molecular weight excluding hydrogens is 399 g/mol. The fraction of sp³-hybridized carbons (Fsp3) is 0.381. The molecule has 0 radical (unpaired) electrons. The Morgan fingerprint density at radius 1 is 1.17 bits per heavy atom. The summed E-state index contributed by atoms with van der Waals surface area (Å²) in [5, 5.41) is 1.32. The van der Waals surface area contributed by atoms with Crippen LogP contribution in [0.3, 0.4) is 0 Å². The second-order valence-corrected chi connectivity index (χ2v) is 7.52. The van der Waals surface area contributed by atoms with Crippen LogP contribution in [0.4, 0.5) is 13.2 Å². The van der Waals surface area contributed by atoms with Gasteiger partial charge in [0.25, 0.3) is 0 Å². The highest BCUT2D eigenvalue weighted by molar-refractivity contribution is 7.98. The number of pyridine rings is 1. The lowest BCUT2D eigenvalue weighted by molar-refractivity contribution is -0.125. The molecule has 0 amide bonds. The van der Waals surface area contributed by atoms with E-state index in [1.165, 1.54) is 12.1 Å². The van der Waals surface area contributed by atoms with Gasteiger partial charge in [0.05, 0.1) is 25.8 Å². The van der Waals surface area contributed by atoms with E-state index in [0.29, 0.717) is 17.1 Å². The zero-order chi connectivity index (χ0) is 21.3. The lowest BCUT2D eigenvalue weighted by Crippen LogP contribution is -2.29. The monoisotopic (exact) mass is 425 g/mol. The van der Waals surface area contributed by atoms with Gasteiger partial charge < -0.3 is 9.75 Å². The van der Waals surface area contributed by atoms with Crippen LogP contribution in [0.25, 0.3) is 5.70 Å². The molecule has 0 saturated heterocycles. The van der Waals surface area contributed by atoms with Crippen molar-refractivity contribution in [2.75, 3.05) is 19.1 Å². The summed E-state index contributed by atoms with van der Waals surface area (Å²) < 4.78 is 43.5. The van der Waals surface area contributed by atoms with Crippen molar-refractivity contribution in [3.63, 3.8) is 0 Å². The van der Waals surface area contributed by atoms with Crippen LogP contribution in [0, 0.1) is 0 Å². The first-order chi connectivity index (χ1) is 13.8. The van der Waals surface area contributed by atoms with Gasteiger partial charge in [-0.2, -0.15) is 24.9 Å². The maximum atomic E-state index is 12.8. The van der Waals surface area contributed by atoms with E-state index in [1.807, 2.05) is 24.3 Å². The lowest BCUT2D eigenvalue weighted by atomic mass is 10.0. The number of hydrogen-bond acceptors (Lipinski definition) is 5. The summed E-state index contributed by atoms with van der Waals surface area (Å²) in [4.78, 5) is 4.11. The maximum Gasteiger partial charge on any atom is 0.392 e. The van der Waals surface area contributed by atoms with Crippen molar-refractivity contribution >= 4 is 17.5 Å². The van der Waals surface area contributed by atoms with Gasteiger partial charge in [-0.25, -0.2) is 10.8 Å². The van der Waals surface area contributed by atoms with Crippen molar-refractivity contribution in [2.45, 2.75) is 32.0 Å². The minimum absolute atomic E-state index is 0.218. The average molecular weight is 426 g/mol. The molecule has 1 aromatic carbocycles. The van der Waals surface area contributed by atoms with Crippen LogP contribution in [0.15, 0.2) is 48.7 Å². The summed E-state index contributed by atoms with van der Waals surface area (Å²) in [6.45, 7) is 0.218. The quantitative estimate of drug-likeness (QED) is 0.328. The maximum absolute atomic E-state index is 12.8. The number of ether oxygens (including phenoxy) is 1. The molecule has 0 unspecified atom stereocenters. The van der Waals surface area contributed by atoms with Gasteiger partial charge in [-0.15, -0.1) is 0 Å². The van der Waals surface area contributed by atoms with Gasteiger partial charge in [-0.3, -0.25) is 0 Å². The number of thioether (sulfide) groups is 1. The van der Waals surface area contributed by atoms with Gasteiger partial charge in [-0.1, -0.05) is 36.4 Å². The largest absolute Gasteiger partial charge is 0.481 e. The van der Waals surface area contributed by atoms with Crippen LogP contribution in [0.2, 0.25) is 0 Å². The third-order valence-electron chi connectivity index (χ3n) is 4.26. The van der Waals surface area contributed by atoms with Gasteiger partial charge in [0.15, 0.2) is 0 Å². The first-order valence-corrected chi connectivity index (χ1v) is 10.6. The number of alkyl halides is 3. The topological polar surface area (TPSA) is 51.4 Å². The van der Waals surface area contributed by atoms with Crippen molar-refractivity contribution in [2.24, 2.45) is 5.84 Å². The first kappa shape index (κ1) is 23.1. The summed E-state index contributed by atoms with van der Waals surface area (Å²) in [6, 6.07) is 11.0. The molecule has 0 fully saturated rings. The Morgan fingerprint density at radius 2 is 1.86 bits per heavy atom. The number of hydrazine groups is 1. The Balaban J connectivity index is 2.19. The second kappa shape index (κ2) is 11.1. The van der Waals surface area contributed by atoms with Gasteiger partial charge in [0.2, 0.25) is 5.88 Å². The molecule has 4 nitrogen and oxygen atoms in total. The number of halogens is 3. The minimum Gasteiger partial charge on any atom is -0.481 e. The van der Waals surface area contributed by atoms with Gasteiger partial charge in [-0.05, 0) is 41.5 Å². The summed E-state index contributed by atoms with van der Waals surface area (Å²) in [6.07, 6.45) is 1.43. The lowest BCUT2D eigenvalue weighted by Gasteiger charge is -2.23. The predicted molar refractivity (Wildman–Crippen MR) is 112 cm³/mol. The zero-order valence-electron chi connectivity index (χ0n) is 16.6. The number of hydrogen-bond donors (Lipinski definition) is 1. The van der Waals surface area contributed by atoms with E-state index in [-0.39, 0.29) is 6.54 Å². The molecule has 1 aromatic heterocycles. The molecule has 0 aliphatic rings. The Bertz CT molecular complexity index is 777. The molecule has 0 aliphatic heterocycles. The van der Waals surface area contributed by atoms with Crippen molar-refractivity contribution in [1.29, 1.82) is 0 Å². The highest BCUT2D eigenvalue weighted by Crippen LogP contribution is 2.26. The predicted octanol–water partition coefficient (Wildman–Crippen LogP) is 5.06. The van der Waals surface area contributed by atoms with Crippen LogP contribution in [0.1, 0.15) is 29.5 Å². The van der Waals surface area contributed by atoms with E-state index >= 15 is 0 Å². The fourth-order valence-corrected chi connectivity index (χ4v) is 3.22. The SMILES string of the molecule is COc1ccc(CN(N)/C(=C\CC(F)(F)F)c2ccc(CCCSC)cc2)cn1. The number of allylic oxidation sites excluding steroid dienone is 1. The zero-order valence-corrected chi connectivity index (χ0v) is 17.4. The van der Waals surface area contributed by atoms with E-state index in [0.717, 1.165) is 35.8 Å². The summed E-state index contributed by atoms with van der Waals surface area (Å²) in [7, 11) is 1.51. The second-order valence-electron chi connectivity index (χ2n) is 6.54. The molecule has 8 heteroatoms. The standard InChI is InChI=1S/C21H26F3N3OS/c1-28-20-10-7-17(14-26-20)15-27(25)19(11-12-21(22,23)24)18-8-5-16(6-9-18)4-3-13-29-2/h5-11,14H,3-4,12-13,15,25H2,1-2H3/b19-11-. The van der Waals surface area contributed by atoms with E-state index in [4.69, 9.17) is 10.6 Å². The van der Waals surface area contributed by atoms with E-state index in [2.05, 4.69) is 11.2 Å². The Kier molecular flexibility index (Phi) is 8.85. The third kappa shape index (κ3) is 7.98. The molecule has 0 aliphatic carbocycles. The molecule has 0 bridgehead atoms. The highest BCUT2D eigenvalue weighted by Gasteiger charge is 2.26. The molecule has 2 aromatic rings. The molecule has 29 heavy (non-hydrogen) atoms. The molecule has 0 atom stereocenters. The van der Waals surface area contributed by atoms with E-state index in [1.54, 1.807) is 30.1 Å². The summed E-state index contributed by atoms with van der Waals surface area (Å²) >= 11 is 1.79. The normalized spacial score (nSPS) is 12.1. The molecular formula is C21H26F3N3OS. The molecule has 1 heterocycles. The van der Waals surface area contributed by atoms with Gasteiger partial charge >= 0.3 is 6.18 Å². The molecule has 158 valence electrons. The van der Waals surface area contributed by atoms with Crippen LogP contribution in [-0.4, -0.2) is 35.3 Å². The fourth-order valence-electron chi connectivity index (χ4n) is 2.78.